The van der Waals surface area contributed by atoms with Gasteiger partial charge in [0.1, 0.15) is 5.82 Å². The number of rotatable bonds is 12. The van der Waals surface area contributed by atoms with E-state index in [4.69, 9.17) is 16.5 Å². The van der Waals surface area contributed by atoms with E-state index in [1.54, 1.807) is 13.0 Å². The van der Waals surface area contributed by atoms with Crippen molar-refractivity contribution in [1.82, 2.24) is 10.2 Å². The van der Waals surface area contributed by atoms with Crippen LogP contribution in [0.5, 0.6) is 5.75 Å². The molecule has 2 rings (SSSR count). The van der Waals surface area contributed by atoms with Gasteiger partial charge in [-0.05, 0) is 75.7 Å². The third-order valence-electron chi connectivity index (χ3n) is 6.30. The summed E-state index contributed by atoms with van der Waals surface area (Å²) in [6.07, 6.45) is 6.49. The Morgan fingerprint density at radius 2 is 1.94 bits per heavy atom. The number of amides is 1. The maximum Gasteiger partial charge on any atom is 0.253 e. The second-order valence-corrected chi connectivity index (χ2v) is 8.83. The predicted molar refractivity (Wildman–Crippen MR) is 132 cm³/mol. The maximum absolute atomic E-state index is 13.5. The lowest BCUT2D eigenvalue weighted by molar-refractivity contribution is -0.117. The number of nitrogens with one attached hydrogen (secondary N) is 1. The molecule has 182 valence electrons. The van der Waals surface area contributed by atoms with Crippen LogP contribution >= 0.6 is 0 Å². The number of piperidine rings is 1. The van der Waals surface area contributed by atoms with E-state index in [0.717, 1.165) is 75.0 Å². The van der Waals surface area contributed by atoms with Gasteiger partial charge in [-0.3, -0.25) is 4.79 Å². The summed E-state index contributed by atoms with van der Waals surface area (Å²) in [6, 6.07) is 4.34. The summed E-state index contributed by atoms with van der Waals surface area (Å²) in [5.74, 6) is 5.34. The van der Waals surface area contributed by atoms with Crippen LogP contribution in [0.1, 0.15) is 64.4 Å². The minimum atomic E-state index is -0.394. The van der Waals surface area contributed by atoms with Crippen molar-refractivity contribution >= 4 is 11.5 Å². The summed E-state index contributed by atoms with van der Waals surface area (Å²) >= 11 is 0. The minimum Gasteiger partial charge on any atom is -0.411 e. The van der Waals surface area contributed by atoms with Crippen LogP contribution in [0.4, 0.5) is 4.39 Å². The zero-order chi connectivity index (χ0) is 24.4. The highest BCUT2D eigenvalue weighted by Gasteiger charge is 2.24. The van der Waals surface area contributed by atoms with Gasteiger partial charge in [0, 0.05) is 35.1 Å². The average Bonchev–Trinajstić information content (AvgIpc) is 2.79. The lowest BCUT2D eigenvalue weighted by Gasteiger charge is -2.33. The number of nitrogens with two attached hydrogens (primary N) is 2. The molecule has 0 atom stereocenters. The zero-order valence-electron chi connectivity index (χ0n) is 20.1. The van der Waals surface area contributed by atoms with Crippen LogP contribution in [0.15, 0.2) is 48.3 Å². The number of likely N-dealkylation sites (tertiary alicyclic amines) is 1. The number of hydrogen-bond acceptors (Lipinski definition) is 5. The van der Waals surface area contributed by atoms with Crippen LogP contribution in [0, 0.1) is 11.7 Å². The molecule has 0 radical (unpaired) electrons. The average molecular weight is 459 g/mol. The van der Waals surface area contributed by atoms with Gasteiger partial charge in [0.05, 0.1) is 0 Å². The molecule has 0 aromatic heterocycles. The molecule has 0 unspecified atom stereocenters. The molecule has 0 spiro atoms. The standard InChI is InChI=1S/C26H39FN4O2/c1-5-6-7-8-18(2)30-26(32)24(20(4)28)13-16-31-14-11-21(12-15-31)19(3)23-10-9-22(27)17-25(23)33-29/h9-10,17,21H,2-3,5-8,11-16,28-29H2,1,4H3,(H,30,32)/b24-20-. The highest BCUT2D eigenvalue weighted by molar-refractivity contribution is 5.95. The number of allylic oxidation sites excluding steroid dienone is 3. The van der Waals surface area contributed by atoms with Crippen LogP contribution in [0.2, 0.25) is 0 Å². The van der Waals surface area contributed by atoms with Gasteiger partial charge in [-0.15, -0.1) is 0 Å². The van der Waals surface area contributed by atoms with Gasteiger partial charge in [0.2, 0.25) is 0 Å². The molecule has 33 heavy (non-hydrogen) atoms. The summed E-state index contributed by atoms with van der Waals surface area (Å²) in [5, 5.41) is 2.91. The quantitative estimate of drug-likeness (QED) is 0.241. The molecule has 7 heteroatoms. The van der Waals surface area contributed by atoms with E-state index < -0.39 is 5.82 Å². The largest absolute Gasteiger partial charge is 0.411 e. The highest BCUT2D eigenvalue weighted by Crippen LogP contribution is 2.35. The number of nitrogens with zero attached hydrogens (tertiary/aromatic N) is 1. The fraction of sp³-hybridized carbons (Fsp3) is 0.500. The summed E-state index contributed by atoms with van der Waals surface area (Å²) in [6.45, 7) is 14.6. The van der Waals surface area contributed by atoms with Gasteiger partial charge in [-0.1, -0.05) is 32.9 Å². The zero-order valence-corrected chi connectivity index (χ0v) is 20.1. The number of carbonyl (C=O) groups is 1. The topological polar surface area (TPSA) is 93.6 Å². The number of hydrogen-bond donors (Lipinski definition) is 3. The monoisotopic (exact) mass is 458 g/mol. The molecule has 1 aliphatic heterocycles. The summed E-state index contributed by atoms with van der Waals surface area (Å²) < 4.78 is 13.5. The van der Waals surface area contributed by atoms with Gasteiger partial charge in [0.15, 0.2) is 5.75 Å². The molecule has 0 aliphatic carbocycles. The molecule has 0 saturated carbocycles. The highest BCUT2D eigenvalue weighted by atomic mass is 19.1. The first-order chi connectivity index (χ1) is 15.8. The molecular formula is C26H39FN4O2. The number of carbonyl (C=O) groups excluding carboxylic acids is 1. The Labute approximate surface area is 197 Å². The first-order valence-electron chi connectivity index (χ1n) is 11.8. The van der Waals surface area contributed by atoms with Gasteiger partial charge >= 0.3 is 0 Å². The van der Waals surface area contributed by atoms with Crippen molar-refractivity contribution in [2.75, 3.05) is 19.6 Å². The lowest BCUT2D eigenvalue weighted by Crippen LogP contribution is -2.36. The Morgan fingerprint density at radius 1 is 1.24 bits per heavy atom. The lowest BCUT2D eigenvalue weighted by atomic mass is 9.85. The second kappa shape index (κ2) is 13.2. The van der Waals surface area contributed by atoms with E-state index in [9.17, 15) is 9.18 Å². The molecule has 0 bridgehead atoms. The van der Waals surface area contributed by atoms with Crippen LogP contribution in [0.3, 0.4) is 0 Å². The van der Waals surface area contributed by atoms with Crippen LogP contribution in [-0.4, -0.2) is 30.4 Å². The number of halogens is 1. The Morgan fingerprint density at radius 3 is 2.55 bits per heavy atom. The summed E-state index contributed by atoms with van der Waals surface area (Å²) in [4.78, 5) is 19.9. The first kappa shape index (κ1) is 26.6. The molecule has 5 N–H and O–H groups in total. The Balaban J connectivity index is 1.86. The van der Waals surface area contributed by atoms with E-state index >= 15 is 0 Å². The van der Waals surface area contributed by atoms with Crippen molar-refractivity contribution in [2.45, 2.75) is 58.8 Å². The fourth-order valence-corrected chi connectivity index (χ4v) is 4.23. The SMILES string of the molecule is C=C(CCCCC)NC(=O)/C(CCN1CCC(C(=C)c2ccc(F)cc2ON)CC1)=C(/C)N. The van der Waals surface area contributed by atoms with Crippen LogP contribution < -0.4 is 21.8 Å². The maximum atomic E-state index is 13.5. The van der Waals surface area contributed by atoms with E-state index in [2.05, 4.69) is 30.3 Å². The van der Waals surface area contributed by atoms with Crippen molar-refractivity contribution in [3.63, 3.8) is 0 Å². The summed E-state index contributed by atoms with van der Waals surface area (Å²) in [7, 11) is 0. The van der Waals surface area contributed by atoms with Gasteiger partial charge in [-0.2, -0.15) is 5.90 Å². The molecule has 1 fully saturated rings. The smallest absolute Gasteiger partial charge is 0.253 e. The Hall–Kier alpha value is -2.64. The predicted octanol–water partition coefficient (Wildman–Crippen LogP) is 4.64. The van der Waals surface area contributed by atoms with E-state index in [1.807, 2.05) is 0 Å². The molecule has 1 amide bonds. The van der Waals surface area contributed by atoms with Crippen molar-refractivity contribution in [2.24, 2.45) is 17.5 Å². The third kappa shape index (κ3) is 8.02. The number of unbranched alkanes of at least 4 members (excludes halogenated alkanes) is 2. The van der Waals surface area contributed by atoms with Gasteiger partial charge < -0.3 is 20.8 Å². The van der Waals surface area contributed by atoms with Crippen molar-refractivity contribution in [3.8, 4) is 5.75 Å². The molecule has 1 aromatic carbocycles. The van der Waals surface area contributed by atoms with Gasteiger partial charge in [-0.25, -0.2) is 4.39 Å². The normalized spacial score (nSPS) is 15.6. The molecule has 6 nitrogen and oxygen atoms in total. The number of benzene rings is 1. The van der Waals surface area contributed by atoms with Crippen molar-refractivity contribution in [3.05, 3.63) is 59.7 Å². The molecule has 1 aliphatic rings. The Kier molecular flexibility index (Phi) is 10.6. The summed E-state index contributed by atoms with van der Waals surface area (Å²) in [5.41, 5.74) is 9.59. The van der Waals surface area contributed by atoms with E-state index in [-0.39, 0.29) is 11.8 Å². The second-order valence-electron chi connectivity index (χ2n) is 8.83. The Bertz CT molecular complexity index is 869. The third-order valence-corrected chi connectivity index (χ3v) is 6.30. The molecule has 1 aromatic rings. The fourth-order valence-electron chi connectivity index (χ4n) is 4.23. The molecule has 1 saturated heterocycles. The van der Waals surface area contributed by atoms with Crippen LogP contribution in [-0.2, 0) is 4.79 Å². The van der Waals surface area contributed by atoms with E-state index in [1.165, 1.54) is 12.1 Å². The van der Waals surface area contributed by atoms with Crippen molar-refractivity contribution in [1.29, 1.82) is 0 Å². The van der Waals surface area contributed by atoms with Gasteiger partial charge in [0.25, 0.3) is 5.91 Å². The van der Waals surface area contributed by atoms with Crippen molar-refractivity contribution < 1.29 is 14.0 Å². The van der Waals surface area contributed by atoms with Crippen LogP contribution in [0.25, 0.3) is 5.57 Å². The first-order valence-corrected chi connectivity index (χ1v) is 11.8. The van der Waals surface area contributed by atoms with E-state index in [0.29, 0.717) is 23.4 Å². The minimum absolute atomic E-state index is 0.148. The molecule has 1 heterocycles. The molecular weight excluding hydrogens is 419 g/mol.